The maximum atomic E-state index is 13.2. The van der Waals surface area contributed by atoms with Crippen molar-refractivity contribution in [3.8, 4) is 0 Å². The number of hydrogen-bond acceptors (Lipinski definition) is 3. The molecule has 3 aromatic carbocycles. The van der Waals surface area contributed by atoms with Crippen molar-refractivity contribution in [2.75, 3.05) is 18.4 Å². The fourth-order valence-corrected chi connectivity index (χ4v) is 4.06. The van der Waals surface area contributed by atoms with Crippen molar-refractivity contribution in [2.45, 2.75) is 25.3 Å². The molecule has 0 spiro atoms. The van der Waals surface area contributed by atoms with Crippen LogP contribution in [0.5, 0.6) is 0 Å². The molecule has 0 radical (unpaired) electrons. The van der Waals surface area contributed by atoms with Crippen molar-refractivity contribution >= 4 is 23.4 Å². The Hall–Kier alpha value is -3.93. The summed E-state index contributed by atoms with van der Waals surface area (Å²) in [7, 11) is 0. The van der Waals surface area contributed by atoms with Crippen molar-refractivity contribution in [1.82, 2.24) is 10.2 Å². The predicted molar refractivity (Wildman–Crippen MR) is 128 cm³/mol. The van der Waals surface area contributed by atoms with E-state index in [0.717, 1.165) is 18.4 Å². The summed E-state index contributed by atoms with van der Waals surface area (Å²) in [6.45, 7) is 1.07. The third-order valence-electron chi connectivity index (χ3n) is 5.78. The molecule has 6 nitrogen and oxygen atoms in total. The summed E-state index contributed by atoms with van der Waals surface area (Å²) < 4.78 is 0. The second-order valence-corrected chi connectivity index (χ2v) is 8.08. The SMILES string of the molecule is O=C(Nc1cccc(C(=O)N2CCCC2C(=O)NCCc2ccccc2)c1)c1ccccc1. The highest BCUT2D eigenvalue weighted by atomic mass is 16.2. The van der Waals surface area contributed by atoms with E-state index < -0.39 is 6.04 Å². The van der Waals surface area contributed by atoms with Gasteiger partial charge in [-0.1, -0.05) is 54.6 Å². The third kappa shape index (κ3) is 5.66. The van der Waals surface area contributed by atoms with Gasteiger partial charge in [-0.2, -0.15) is 0 Å². The highest BCUT2D eigenvalue weighted by Gasteiger charge is 2.34. The third-order valence-corrected chi connectivity index (χ3v) is 5.78. The molecule has 2 N–H and O–H groups in total. The van der Waals surface area contributed by atoms with Crippen LogP contribution in [-0.2, 0) is 11.2 Å². The second-order valence-electron chi connectivity index (χ2n) is 8.08. The van der Waals surface area contributed by atoms with Crippen LogP contribution in [0, 0.1) is 0 Å². The Balaban J connectivity index is 1.37. The van der Waals surface area contributed by atoms with Gasteiger partial charge in [-0.25, -0.2) is 0 Å². The van der Waals surface area contributed by atoms with Gasteiger partial charge in [-0.15, -0.1) is 0 Å². The second kappa shape index (κ2) is 10.6. The molecule has 3 aromatic rings. The molecule has 1 aliphatic heterocycles. The Bertz CT molecular complexity index is 1120. The lowest BCUT2D eigenvalue weighted by molar-refractivity contribution is -0.124. The van der Waals surface area contributed by atoms with Crippen LogP contribution in [-0.4, -0.2) is 41.8 Å². The van der Waals surface area contributed by atoms with E-state index in [2.05, 4.69) is 10.6 Å². The van der Waals surface area contributed by atoms with Crippen LogP contribution in [0.25, 0.3) is 0 Å². The molecule has 33 heavy (non-hydrogen) atoms. The Kier molecular flexibility index (Phi) is 7.15. The van der Waals surface area contributed by atoms with E-state index in [-0.39, 0.29) is 17.7 Å². The molecule has 1 atom stereocenters. The summed E-state index contributed by atoms with van der Waals surface area (Å²) in [5, 5.41) is 5.81. The van der Waals surface area contributed by atoms with Crippen LogP contribution in [0.15, 0.2) is 84.9 Å². The maximum absolute atomic E-state index is 13.2. The minimum Gasteiger partial charge on any atom is -0.354 e. The van der Waals surface area contributed by atoms with Gasteiger partial charge in [-0.05, 0) is 55.2 Å². The van der Waals surface area contributed by atoms with Crippen molar-refractivity contribution in [3.05, 3.63) is 102 Å². The quantitative estimate of drug-likeness (QED) is 0.584. The Morgan fingerprint density at radius 3 is 2.30 bits per heavy atom. The van der Waals surface area contributed by atoms with Gasteiger partial charge >= 0.3 is 0 Å². The summed E-state index contributed by atoms with van der Waals surface area (Å²) >= 11 is 0. The zero-order chi connectivity index (χ0) is 23.0. The molecule has 1 unspecified atom stereocenters. The van der Waals surface area contributed by atoms with Gasteiger partial charge in [0.2, 0.25) is 5.91 Å². The van der Waals surface area contributed by atoms with E-state index in [0.29, 0.717) is 36.3 Å². The monoisotopic (exact) mass is 441 g/mol. The Morgan fingerprint density at radius 1 is 0.848 bits per heavy atom. The lowest BCUT2D eigenvalue weighted by atomic mass is 10.1. The van der Waals surface area contributed by atoms with Crippen LogP contribution < -0.4 is 10.6 Å². The highest BCUT2D eigenvalue weighted by molar-refractivity contribution is 6.05. The number of carbonyl (C=O) groups is 3. The van der Waals surface area contributed by atoms with Gasteiger partial charge in [0, 0.05) is 29.9 Å². The number of rotatable bonds is 7. The number of carbonyl (C=O) groups excluding carboxylic acids is 3. The molecule has 1 saturated heterocycles. The number of benzene rings is 3. The minimum atomic E-state index is -0.476. The van der Waals surface area contributed by atoms with Gasteiger partial charge in [-0.3, -0.25) is 14.4 Å². The first-order valence-electron chi connectivity index (χ1n) is 11.2. The molecule has 1 fully saturated rings. The first kappa shape index (κ1) is 22.3. The van der Waals surface area contributed by atoms with E-state index in [1.807, 2.05) is 36.4 Å². The van der Waals surface area contributed by atoms with Crippen molar-refractivity contribution in [1.29, 1.82) is 0 Å². The molecular formula is C27H27N3O3. The molecule has 1 heterocycles. The van der Waals surface area contributed by atoms with Gasteiger partial charge in [0.15, 0.2) is 0 Å². The molecular weight excluding hydrogens is 414 g/mol. The number of nitrogens with one attached hydrogen (secondary N) is 2. The van der Waals surface area contributed by atoms with Crippen molar-refractivity contribution in [2.24, 2.45) is 0 Å². The summed E-state index contributed by atoms with van der Waals surface area (Å²) in [5.74, 6) is -0.561. The molecule has 0 aliphatic carbocycles. The minimum absolute atomic E-state index is 0.120. The van der Waals surface area contributed by atoms with E-state index in [1.165, 1.54) is 0 Å². The lowest BCUT2D eigenvalue weighted by Crippen LogP contribution is -2.46. The zero-order valence-corrected chi connectivity index (χ0v) is 18.4. The fraction of sp³-hybridized carbons (Fsp3) is 0.222. The average molecular weight is 442 g/mol. The number of likely N-dealkylation sites (tertiary alicyclic amines) is 1. The molecule has 0 bridgehead atoms. The molecule has 3 amide bonds. The smallest absolute Gasteiger partial charge is 0.255 e. The Morgan fingerprint density at radius 2 is 1.55 bits per heavy atom. The molecule has 1 aliphatic rings. The van der Waals surface area contributed by atoms with Gasteiger partial charge < -0.3 is 15.5 Å². The average Bonchev–Trinajstić information content (AvgIpc) is 3.35. The Labute approximate surface area is 193 Å². The molecule has 6 heteroatoms. The van der Waals surface area contributed by atoms with E-state index >= 15 is 0 Å². The molecule has 168 valence electrons. The molecule has 0 saturated carbocycles. The molecule has 4 rings (SSSR count). The van der Waals surface area contributed by atoms with E-state index in [9.17, 15) is 14.4 Å². The standard InChI is InChI=1S/C27H27N3O3/c31-25(21-11-5-2-6-12-21)29-23-14-7-13-22(19-23)27(33)30-18-8-15-24(30)26(32)28-17-16-20-9-3-1-4-10-20/h1-7,9-14,19,24H,8,15-18H2,(H,28,32)(H,29,31). The first-order chi connectivity index (χ1) is 16.1. The zero-order valence-electron chi connectivity index (χ0n) is 18.4. The van der Waals surface area contributed by atoms with E-state index in [4.69, 9.17) is 0 Å². The lowest BCUT2D eigenvalue weighted by Gasteiger charge is -2.24. The van der Waals surface area contributed by atoms with Crippen LogP contribution in [0.1, 0.15) is 39.1 Å². The molecule has 0 aromatic heterocycles. The van der Waals surface area contributed by atoms with Gasteiger partial charge in [0.1, 0.15) is 6.04 Å². The largest absolute Gasteiger partial charge is 0.354 e. The summed E-state index contributed by atoms with van der Waals surface area (Å²) in [6, 6.07) is 25.3. The normalized spacial score (nSPS) is 15.2. The van der Waals surface area contributed by atoms with Gasteiger partial charge in [0.05, 0.1) is 0 Å². The fourth-order valence-electron chi connectivity index (χ4n) is 4.06. The number of nitrogens with zero attached hydrogens (tertiary/aromatic N) is 1. The highest BCUT2D eigenvalue weighted by Crippen LogP contribution is 2.22. The topological polar surface area (TPSA) is 78.5 Å². The van der Waals surface area contributed by atoms with Crippen LogP contribution >= 0.6 is 0 Å². The van der Waals surface area contributed by atoms with Gasteiger partial charge in [0.25, 0.3) is 11.8 Å². The van der Waals surface area contributed by atoms with Crippen LogP contribution in [0.2, 0.25) is 0 Å². The summed E-state index contributed by atoms with van der Waals surface area (Å²) in [5.41, 5.74) is 2.69. The summed E-state index contributed by atoms with van der Waals surface area (Å²) in [4.78, 5) is 40.1. The van der Waals surface area contributed by atoms with Crippen LogP contribution in [0.4, 0.5) is 5.69 Å². The van der Waals surface area contributed by atoms with Crippen molar-refractivity contribution in [3.63, 3.8) is 0 Å². The van der Waals surface area contributed by atoms with Crippen LogP contribution in [0.3, 0.4) is 0 Å². The maximum Gasteiger partial charge on any atom is 0.255 e. The number of anilines is 1. The number of amides is 3. The predicted octanol–water partition coefficient (Wildman–Crippen LogP) is 3.90. The number of hydrogen-bond donors (Lipinski definition) is 2. The first-order valence-corrected chi connectivity index (χ1v) is 11.2. The van der Waals surface area contributed by atoms with E-state index in [1.54, 1.807) is 53.4 Å². The summed E-state index contributed by atoms with van der Waals surface area (Å²) in [6.07, 6.45) is 2.18. The van der Waals surface area contributed by atoms with Crippen molar-refractivity contribution < 1.29 is 14.4 Å².